The number of aromatic nitrogens is 1. The predicted molar refractivity (Wildman–Crippen MR) is 107 cm³/mol. The minimum Gasteiger partial charge on any atom is -0.482 e. The van der Waals surface area contributed by atoms with Crippen molar-refractivity contribution in [2.75, 3.05) is 16.8 Å². The molecule has 2 heterocycles. The number of ether oxygens (including phenoxy) is 1. The molecule has 0 radical (unpaired) electrons. The molecular weight excluding hydrogens is 378 g/mol. The smallest absolute Gasteiger partial charge is 0.265 e. The van der Waals surface area contributed by atoms with Crippen molar-refractivity contribution in [2.45, 2.75) is 6.54 Å². The minimum atomic E-state index is -0.255. The summed E-state index contributed by atoms with van der Waals surface area (Å²) in [5, 5.41) is 3.47. The number of fused-ring (bicyclic) bond motifs is 1. The molecule has 0 bridgehead atoms. The van der Waals surface area contributed by atoms with Gasteiger partial charge in [-0.2, -0.15) is 0 Å². The van der Waals surface area contributed by atoms with Crippen molar-refractivity contribution >= 4 is 34.8 Å². The summed E-state index contributed by atoms with van der Waals surface area (Å²) < 4.78 is 5.53. The maximum atomic E-state index is 12.5. The molecular formula is C21H16ClN3O3. The Labute approximate surface area is 166 Å². The zero-order valence-electron chi connectivity index (χ0n) is 14.8. The normalized spacial score (nSPS) is 12.9. The minimum absolute atomic E-state index is 0.0245. The summed E-state index contributed by atoms with van der Waals surface area (Å²) in [6.07, 6.45) is 3.12. The molecule has 1 aliphatic heterocycles. The lowest BCUT2D eigenvalue weighted by Crippen LogP contribution is -2.38. The number of anilines is 2. The van der Waals surface area contributed by atoms with Gasteiger partial charge in [0.1, 0.15) is 5.75 Å². The number of hydrogen-bond donors (Lipinski definition) is 1. The average Bonchev–Trinajstić information content (AvgIpc) is 2.72. The van der Waals surface area contributed by atoms with E-state index in [1.54, 1.807) is 59.8 Å². The molecule has 2 aromatic carbocycles. The second-order valence-electron chi connectivity index (χ2n) is 6.27. The summed E-state index contributed by atoms with van der Waals surface area (Å²) in [5.74, 6) is 0.185. The third-order valence-corrected chi connectivity index (χ3v) is 4.61. The van der Waals surface area contributed by atoms with E-state index < -0.39 is 0 Å². The largest absolute Gasteiger partial charge is 0.482 e. The van der Waals surface area contributed by atoms with E-state index in [0.717, 1.165) is 5.56 Å². The van der Waals surface area contributed by atoms with Crippen molar-refractivity contribution in [3.63, 3.8) is 0 Å². The number of carbonyl (C=O) groups is 2. The number of hydrogen-bond acceptors (Lipinski definition) is 4. The van der Waals surface area contributed by atoms with Crippen LogP contribution < -0.4 is 15.0 Å². The fourth-order valence-electron chi connectivity index (χ4n) is 2.93. The third kappa shape index (κ3) is 3.82. The highest BCUT2D eigenvalue weighted by atomic mass is 35.5. The molecule has 1 aromatic heterocycles. The molecule has 0 fully saturated rings. The summed E-state index contributed by atoms with van der Waals surface area (Å²) in [4.78, 5) is 30.4. The second kappa shape index (κ2) is 7.70. The molecule has 140 valence electrons. The Bertz CT molecular complexity index is 1020. The Morgan fingerprint density at radius 1 is 1.11 bits per heavy atom. The Hall–Kier alpha value is -3.38. The van der Waals surface area contributed by atoms with Gasteiger partial charge in [0, 0.05) is 28.7 Å². The van der Waals surface area contributed by atoms with E-state index in [4.69, 9.17) is 16.3 Å². The van der Waals surface area contributed by atoms with E-state index in [1.165, 1.54) is 0 Å². The number of pyridine rings is 1. The monoisotopic (exact) mass is 393 g/mol. The summed E-state index contributed by atoms with van der Waals surface area (Å²) in [7, 11) is 0. The van der Waals surface area contributed by atoms with Crippen molar-refractivity contribution in [3.8, 4) is 5.75 Å². The lowest BCUT2D eigenvalue weighted by atomic mass is 10.1. The molecule has 28 heavy (non-hydrogen) atoms. The average molecular weight is 394 g/mol. The fourth-order valence-corrected chi connectivity index (χ4v) is 3.06. The Morgan fingerprint density at radius 3 is 2.61 bits per heavy atom. The molecule has 1 aliphatic rings. The highest BCUT2D eigenvalue weighted by Gasteiger charge is 2.26. The van der Waals surface area contributed by atoms with Crippen molar-refractivity contribution in [1.82, 2.24) is 4.98 Å². The van der Waals surface area contributed by atoms with Gasteiger partial charge >= 0.3 is 0 Å². The lowest BCUT2D eigenvalue weighted by Gasteiger charge is -2.30. The van der Waals surface area contributed by atoms with Gasteiger partial charge in [-0.15, -0.1) is 0 Å². The highest BCUT2D eigenvalue weighted by Crippen LogP contribution is 2.35. The summed E-state index contributed by atoms with van der Waals surface area (Å²) in [5.41, 5.74) is 2.62. The first-order valence-corrected chi connectivity index (χ1v) is 9.01. The molecule has 0 unspecified atom stereocenters. The van der Waals surface area contributed by atoms with E-state index in [9.17, 15) is 9.59 Å². The van der Waals surface area contributed by atoms with Crippen molar-refractivity contribution in [3.05, 3.63) is 83.1 Å². The van der Waals surface area contributed by atoms with Crippen molar-refractivity contribution in [2.24, 2.45) is 0 Å². The van der Waals surface area contributed by atoms with Gasteiger partial charge in [0.25, 0.3) is 11.8 Å². The van der Waals surface area contributed by atoms with E-state index >= 15 is 0 Å². The van der Waals surface area contributed by atoms with Gasteiger partial charge in [0.15, 0.2) is 6.61 Å². The van der Waals surface area contributed by atoms with Gasteiger partial charge in [-0.1, -0.05) is 23.7 Å². The number of rotatable bonds is 4. The molecule has 3 aromatic rings. The van der Waals surface area contributed by atoms with Crippen LogP contribution in [-0.2, 0) is 11.3 Å². The maximum absolute atomic E-state index is 12.5. The van der Waals surface area contributed by atoms with E-state index in [0.29, 0.717) is 34.3 Å². The number of halogens is 1. The van der Waals surface area contributed by atoms with Crippen LogP contribution in [-0.4, -0.2) is 23.4 Å². The van der Waals surface area contributed by atoms with Crippen LogP contribution in [0.3, 0.4) is 0 Å². The van der Waals surface area contributed by atoms with Crippen LogP contribution in [0.5, 0.6) is 5.75 Å². The zero-order valence-corrected chi connectivity index (χ0v) is 15.5. The summed E-state index contributed by atoms with van der Waals surface area (Å²) >= 11 is 5.94. The molecule has 6 nitrogen and oxygen atoms in total. The number of carbonyl (C=O) groups excluding carboxylic acids is 2. The molecule has 7 heteroatoms. The molecule has 4 rings (SSSR count). The molecule has 0 atom stereocenters. The van der Waals surface area contributed by atoms with Gasteiger partial charge in [-0.25, -0.2) is 0 Å². The SMILES string of the molecule is O=C(Nc1ccc2c(c1)N(Cc1ccc(Cl)cc1)C(=O)CO2)c1ccncc1. The first-order chi connectivity index (χ1) is 13.6. The molecule has 0 saturated heterocycles. The highest BCUT2D eigenvalue weighted by molar-refractivity contribution is 6.30. The van der Waals surface area contributed by atoms with E-state index in [-0.39, 0.29) is 18.4 Å². The Morgan fingerprint density at radius 2 is 1.86 bits per heavy atom. The van der Waals surface area contributed by atoms with Gasteiger partial charge in [-0.05, 0) is 48.0 Å². The molecule has 1 N–H and O–H groups in total. The predicted octanol–water partition coefficient (Wildman–Crippen LogP) is 3.91. The van der Waals surface area contributed by atoms with Crippen LogP contribution in [0.25, 0.3) is 0 Å². The number of nitrogens with zero attached hydrogens (tertiary/aromatic N) is 2. The number of nitrogens with one attached hydrogen (secondary N) is 1. The number of benzene rings is 2. The van der Waals surface area contributed by atoms with E-state index in [1.807, 2.05) is 12.1 Å². The zero-order chi connectivity index (χ0) is 19.5. The van der Waals surface area contributed by atoms with E-state index in [2.05, 4.69) is 10.3 Å². The number of amides is 2. The summed E-state index contributed by atoms with van der Waals surface area (Å²) in [6, 6.07) is 15.8. The topological polar surface area (TPSA) is 71.5 Å². The third-order valence-electron chi connectivity index (χ3n) is 4.36. The standard InChI is InChI=1S/C21H16ClN3O3/c22-16-3-1-14(2-4-16)12-25-18-11-17(5-6-19(18)28-13-20(25)26)24-21(27)15-7-9-23-10-8-15/h1-11H,12-13H2,(H,24,27). The van der Waals surface area contributed by atoms with Crippen LogP contribution >= 0.6 is 11.6 Å². The first kappa shape index (κ1) is 18.0. The quantitative estimate of drug-likeness (QED) is 0.729. The summed E-state index contributed by atoms with van der Waals surface area (Å²) in [6.45, 7) is 0.359. The molecule has 2 amide bonds. The molecule has 0 aliphatic carbocycles. The van der Waals surface area contributed by atoms with Gasteiger partial charge < -0.3 is 15.0 Å². The van der Waals surface area contributed by atoms with Gasteiger partial charge in [0.05, 0.1) is 12.2 Å². The Kier molecular flexibility index (Phi) is 4.95. The second-order valence-corrected chi connectivity index (χ2v) is 6.70. The first-order valence-electron chi connectivity index (χ1n) is 8.63. The lowest BCUT2D eigenvalue weighted by molar-refractivity contribution is -0.121. The van der Waals surface area contributed by atoms with Gasteiger partial charge in [-0.3, -0.25) is 14.6 Å². The van der Waals surface area contributed by atoms with Crippen LogP contribution in [0.15, 0.2) is 67.0 Å². The fraction of sp³-hybridized carbons (Fsp3) is 0.0952. The van der Waals surface area contributed by atoms with Crippen molar-refractivity contribution in [1.29, 1.82) is 0 Å². The van der Waals surface area contributed by atoms with Gasteiger partial charge in [0.2, 0.25) is 0 Å². The van der Waals surface area contributed by atoms with Crippen LogP contribution in [0.1, 0.15) is 15.9 Å². The van der Waals surface area contributed by atoms with Crippen molar-refractivity contribution < 1.29 is 14.3 Å². The molecule has 0 saturated carbocycles. The van der Waals surface area contributed by atoms with Crippen LogP contribution in [0, 0.1) is 0 Å². The van der Waals surface area contributed by atoms with Crippen LogP contribution in [0.4, 0.5) is 11.4 Å². The van der Waals surface area contributed by atoms with Crippen LogP contribution in [0.2, 0.25) is 5.02 Å². The molecule has 0 spiro atoms. The Balaban J connectivity index is 1.60. The maximum Gasteiger partial charge on any atom is 0.265 e.